The van der Waals surface area contributed by atoms with Crippen molar-refractivity contribution in [3.05, 3.63) is 23.8 Å². The number of rotatable bonds is 5. The Morgan fingerprint density at radius 3 is 2.53 bits per heavy atom. The number of ketones is 1. The molecule has 0 amide bonds. The van der Waals surface area contributed by atoms with E-state index in [0.717, 1.165) is 6.26 Å². The number of sulfone groups is 1. The Morgan fingerprint density at radius 2 is 2.06 bits per heavy atom. The third-order valence-electron chi connectivity index (χ3n) is 2.25. The number of hydrogen-bond donors (Lipinski definition) is 1. The number of carbonyl (C=O) groups is 1. The number of carbonyl (C=O) groups excluding carboxylic acids is 1. The van der Waals surface area contributed by atoms with Crippen molar-refractivity contribution in [3.63, 3.8) is 0 Å². The van der Waals surface area contributed by atoms with Gasteiger partial charge >= 0.3 is 0 Å². The Morgan fingerprint density at radius 1 is 1.41 bits per heavy atom. The Balaban J connectivity index is 3.39. The van der Waals surface area contributed by atoms with E-state index in [-0.39, 0.29) is 35.0 Å². The summed E-state index contributed by atoms with van der Waals surface area (Å²) in [6, 6.07) is 4.46. The highest BCUT2D eigenvalue weighted by molar-refractivity contribution is 7.90. The third kappa shape index (κ3) is 3.04. The molecule has 0 aliphatic rings. The van der Waals surface area contributed by atoms with E-state index in [9.17, 15) is 13.2 Å². The normalized spacial score (nSPS) is 11.2. The van der Waals surface area contributed by atoms with Gasteiger partial charge in [0.2, 0.25) is 0 Å². The Labute approximate surface area is 100 Å². The topological polar surface area (TPSA) is 86.5 Å². The van der Waals surface area contributed by atoms with E-state index in [1.54, 1.807) is 0 Å². The van der Waals surface area contributed by atoms with E-state index in [0.29, 0.717) is 0 Å². The SMILES string of the molecule is COc1c(C(=O)CCN)cccc1S(C)(=O)=O. The van der Waals surface area contributed by atoms with Crippen LogP contribution in [0.5, 0.6) is 5.75 Å². The summed E-state index contributed by atoms with van der Waals surface area (Å²) in [5.41, 5.74) is 5.55. The maximum atomic E-state index is 11.7. The second-order valence-electron chi connectivity index (χ2n) is 3.57. The minimum Gasteiger partial charge on any atom is -0.495 e. The van der Waals surface area contributed by atoms with Crippen molar-refractivity contribution in [1.29, 1.82) is 0 Å². The van der Waals surface area contributed by atoms with Gasteiger partial charge in [-0.3, -0.25) is 4.79 Å². The van der Waals surface area contributed by atoms with Crippen LogP contribution in [0.3, 0.4) is 0 Å². The number of para-hydroxylation sites is 1. The lowest BCUT2D eigenvalue weighted by Crippen LogP contribution is -2.11. The van der Waals surface area contributed by atoms with Gasteiger partial charge in [0.1, 0.15) is 10.6 Å². The maximum absolute atomic E-state index is 11.7. The summed E-state index contributed by atoms with van der Waals surface area (Å²) in [7, 11) is -2.09. The molecule has 0 radical (unpaired) electrons. The van der Waals surface area contributed by atoms with Crippen molar-refractivity contribution in [2.75, 3.05) is 19.9 Å². The summed E-state index contributed by atoms with van der Waals surface area (Å²) < 4.78 is 28.1. The number of methoxy groups -OCH3 is 1. The average molecular weight is 257 g/mol. The van der Waals surface area contributed by atoms with E-state index in [1.807, 2.05) is 0 Å². The van der Waals surface area contributed by atoms with Gasteiger partial charge in [0, 0.05) is 12.7 Å². The van der Waals surface area contributed by atoms with Gasteiger partial charge in [-0.15, -0.1) is 0 Å². The molecule has 0 fully saturated rings. The van der Waals surface area contributed by atoms with Crippen LogP contribution in [0.25, 0.3) is 0 Å². The predicted octanol–water partition coefficient (Wildman–Crippen LogP) is 0.630. The lowest BCUT2D eigenvalue weighted by atomic mass is 10.1. The molecular formula is C11H15NO4S. The zero-order valence-corrected chi connectivity index (χ0v) is 10.6. The van der Waals surface area contributed by atoms with Crippen LogP contribution in [-0.4, -0.2) is 34.1 Å². The Hall–Kier alpha value is -1.40. The fraction of sp³-hybridized carbons (Fsp3) is 0.364. The quantitative estimate of drug-likeness (QED) is 0.782. The standard InChI is InChI=1S/C11H15NO4S/c1-16-11-8(9(13)6-7-12)4-3-5-10(11)17(2,14)15/h3-5H,6-7,12H2,1-2H3. The number of Topliss-reactive ketones (excluding diaryl/α,β-unsaturated/α-hetero) is 1. The van der Waals surface area contributed by atoms with Gasteiger partial charge in [-0.25, -0.2) is 8.42 Å². The first-order valence-electron chi connectivity index (χ1n) is 5.02. The molecule has 94 valence electrons. The van der Waals surface area contributed by atoms with Crippen LogP contribution in [0.15, 0.2) is 23.1 Å². The molecule has 0 atom stereocenters. The highest BCUT2D eigenvalue weighted by Gasteiger charge is 2.20. The molecule has 2 N–H and O–H groups in total. The van der Waals surface area contributed by atoms with E-state index >= 15 is 0 Å². The molecule has 0 saturated heterocycles. The van der Waals surface area contributed by atoms with Crippen LogP contribution < -0.4 is 10.5 Å². The van der Waals surface area contributed by atoms with Gasteiger partial charge in [0.05, 0.1) is 12.7 Å². The third-order valence-corrected chi connectivity index (χ3v) is 3.37. The second-order valence-corrected chi connectivity index (χ2v) is 5.56. The molecule has 1 aromatic rings. The molecule has 6 heteroatoms. The highest BCUT2D eigenvalue weighted by Crippen LogP contribution is 2.28. The minimum absolute atomic E-state index is 0.0165. The van der Waals surface area contributed by atoms with Crippen LogP contribution in [0.4, 0.5) is 0 Å². The summed E-state index contributed by atoms with van der Waals surface area (Å²) >= 11 is 0. The van der Waals surface area contributed by atoms with Crippen LogP contribution in [-0.2, 0) is 9.84 Å². The van der Waals surface area contributed by atoms with Crippen LogP contribution in [0, 0.1) is 0 Å². The van der Waals surface area contributed by atoms with Crippen molar-refractivity contribution in [1.82, 2.24) is 0 Å². The number of benzene rings is 1. The lowest BCUT2D eigenvalue weighted by molar-refractivity contribution is 0.0982. The van der Waals surface area contributed by atoms with Crippen LogP contribution >= 0.6 is 0 Å². The highest BCUT2D eigenvalue weighted by atomic mass is 32.2. The summed E-state index contributed by atoms with van der Waals surface area (Å²) in [4.78, 5) is 11.8. The molecule has 1 aromatic carbocycles. The fourth-order valence-electron chi connectivity index (χ4n) is 1.50. The number of ether oxygens (including phenoxy) is 1. The molecule has 5 nitrogen and oxygen atoms in total. The van der Waals surface area contributed by atoms with E-state index < -0.39 is 9.84 Å². The predicted molar refractivity (Wildman–Crippen MR) is 64.1 cm³/mol. The summed E-state index contributed by atoms with van der Waals surface area (Å²) in [6.45, 7) is 0.213. The first kappa shape index (κ1) is 13.7. The Kier molecular flexibility index (Phi) is 4.25. The molecule has 0 aliphatic carbocycles. The molecule has 1 rings (SSSR count). The van der Waals surface area contributed by atoms with Gasteiger partial charge in [-0.1, -0.05) is 6.07 Å². The molecule has 0 saturated carbocycles. The lowest BCUT2D eigenvalue weighted by Gasteiger charge is -2.11. The summed E-state index contributed by atoms with van der Waals surface area (Å²) in [5, 5.41) is 0. The first-order chi connectivity index (χ1) is 7.91. The minimum atomic E-state index is -3.43. The molecular weight excluding hydrogens is 242 g/mol. The zero-order chi connectivity index (χ0) is 13.1. The molecule has 0 heterocycles. The molecule has 0 aliphatic heterocycles. The Bertz CT molecular complexity index is 522. The molecule has 17 heavy (non-hydrogen) atoms. The monoisotopic (exact) mass is 257 g/mol. The summed E-state index contributed by atoms with van der Waals surface area (Å²) in [6.07, 6.45) is 1.23. The first-order valence-corrected chi connectivity index (χ1v) is 6.91. The van der Waals surface area contributed by atoms with Crippen molar-refractivity contribution in [2.24, 2.45) is 5.73 Å². The van der Waals surface area contributed by atoms with Gasteiger partial charge in [0.25, 0.3) is 0 Å². The van der Waals surface area contributed by atoms with Crippen molar-refractivity contribution in [2.45, 2.75) is 11.3 Å². The average Bonchev–Trinajstić information content (AvgIpc) is 2.27. The van der Waals surface area contributed by atoms with E-state index in [1.165, 1.54) is 25.3 Å². The van der Waals surface area contributed by atoms with Crippen LogP contribution in [0.1, 0.15) is 16.8 Å². The van der Waals surface area contributed by atoms with Gasteiger partial charge < -0.3 is 10.5 Å². The molecule has 0 bridgehead atoms. The molecule has 0 unspecified atom stereocenters. The second kappa shape index (κ2) is 5.29. The zero-order valence-electron chi connectivity index (χ0n) is 9.76. The van der Waals surface area contributed by atoms with Crippen molar-refractivity contribution >= 4 is 15.6 Å². The van der Waals surface area contributed by atoms with E-state index in [4.69, 9.17) is 10.5 Å². The fourth-order valence-corrected chi connectivity index (χ4v) is 2.36. The number of nitrogens with two attached hydrogens (primary N) is 1. The van der Waals surface area contributed by atoms with Crippen molar-refractivity contribution < 1.29 is 17.9 Å². The summed E-state index contributed by atoms with van der Waals surface area (Å²) in [5.74, 6) is -0.136. The molecule has 0 spiro atoms. The largest absolute Gasteiger partial charge is 0.495 e. The van der Waals surface area contributed by atoms with Gasteiger partial charge in [-0.05, 0) is 18.7 Å². The maximum Gasteiger partial charge on any atom is 0.179 e. The smallest absolute Gasteiger partial charge is 0.179 e. The molecule has 0 aromatic heterocycles. The van der Waals surface area contributed by atoms with Gasteiger partial charge in [0.15, 0.2) is 15.6 Å². The van der Waals surface area contributed by atoms with E-state index in [2.05, 4.69) is 0 Å². The number of hydrogen-bond acceptors (Lipinski definition) is 5. The van der Waals surface area contributed by atoms with Gasteiger partial charge in [-0.2, -0.15) is 0 Å². The van der Waals surface area contributed by atoms with Crippen LogP contribution in [0.2, 0.25) is 0 Å². The van der Waals surface area contributed by atoms with Crippen molar-refractivity contribution in [3.8, 4) is 5.75 Å².